The molecule has 0 aliphatic heterocycles. The average molecular weight is 261 g/mol. The largest absolute Gasteiger partial charge is 0.317 e. The van der Waals surface area contributed by atoms with Crippen LogP contribution in [0.4, 0.5) is 0 Å². The Balaban J connectivity index is 2.42. The van der Waals surface area contributed by atoms with Crippen LogP contribution in [0.3, 0.4) is 0 Å². The van der Waals surface area contributed by atoms with Crippen LogP contribution < -0.4 is 5.32 Å². The van der Waals surface area contributed by atoms with Crippen LogP contribution in [0.5, 0.6) is 0 Å². The number of nitrogens with one attached hydrogen (secondary N) is 1. The molecule has 0 amide bonds. The summed E-state index contributed by atoms with van der Waals surface area (Å²) >= 11 is 0. The monoisotopic (exact) mass is 261 g/mol. The van der Waals surface area contributed by atoms with Crippen LogP contribution >= 0.6 is 0 Å². The van der Waals surface area contributed by atoms with E-state index < -0.39 is 9.84 Å². The van der Waals surface area contributed by atoms with Gasteiger partial charge in [-0.25, -0.2) is 8.42 Å². The molecule has 0 saturated heterocycles. The van der Waals surface area contributed by atoms with Crippen LogP contribution in [0, 0.1) is 11.8 Å². The van der Waals surface area contributed by atoms with Crippen LogP contribution in [0.15, 0.2) is 0 Å². The molecule has 4 heteroatoms. The lowest BCUT2D eigenvalue weighted by molar-refractivity contribution is 0.225. The van der Waals surface area contributed by atoms with Crippen molar-refractivity contribution in [3.63, 3.8) is 0 Å². The van der Waals surface area contributed by atoms with Crippen molar-refractivity contribution in [1.82, 2.24) is 5.32 Å². The van der Waals surface area contributed by atoms with Gasteiger partial charge >= 0.3 is 0 Å². The molecular formula is C13H27NO2S. The third kappa shape index (κ3) is 5.38. The zero-order chi connectivity index (χ0) is 12.7. The molecule has 3 nitrogen and oxygen atoms in total. The first kappa shape index (κ1) is 15.0. The highest BCUT2D eigenvalue weighted by Crippen LogP contribution is 2.32. The minimum Gasteiger partial charge on any atom is -0.317 e. The molecule has 0 bridgehead atoms. The highest BCUT2D eigenvalue weighted by Gasteiger charge is 2.25. The second kappa shape index (κ2) is 7.37. The lowest BCUT2D eigenvalue weighted by Crippen LogP contribution is -2.31. The second-order valence-electron chi connectivity index (χ2n) is 5.14. The Morgan fingerprint density at radius 3 is 2.35 bits per heavy atom. The minimum absolute atomic E-state index is 0.289. The van der Waals surface area contributed by atoms with Gasteiger partial charge in [0.1, 0.15) is 9.84 Å². The van der Waals surface area contributed by atoms with Gasteiger partial charge in [0.25, 0.3) is 0 Å². The van der Waals surface area contributed by atoms with E-state index in [0.717, 1.165) is 19.5 Å². The quantitative estimate of drug-likeness (QED) is 0.764. The summed E-state index contributed by atoms with van der Waals surface area (Å²) in [5.41, 5.74) is 0. The van der Waals surface area contributed by atoms with Crippen LogP contribution in [-0.4, -0.2) is 33.0 Å². The number of hydrogen-bond acceptors (Lipinski definition) is 3. The zero-order valence-corrected chi connectivity index (χ0v) is 12.1. The van der Waals surface area contributed by atoms with Gasteiger partial charge in [0.2, 0.25) is 0 Å². The molecule has 0 aromatic carbocycles. The Morgan fingerprint density at radius 1 is 1.12 bits per heavy atom. The number of sulfone groups is 1. The summed E-state index contributed by atoms with van der Waals surface area (Å²) in [6.07, 6.45) is 5.94. The van der Waals surface area contributed by atoms with E-state index in [1.807, 2.05) is 0 Å². The minimum atomic E-state index is -2.78. The Kier molecular flexibility index (Phi) is 6.49. The van der Waals surface area contributed by atoms with E-state index in [9.17, 15) is 8.42 Å². The normalized spacial score (nSPS) is 26.0. The highest BCUT2D eigenvalue weighted by molar-refractivity contribution is 7.91. The van der Waals surface area contributed by atoms with E-state index in [1.54, 1.807) is 6.92 Å². The first-order chi connectivity index (χ1) is 8.09. The van der Waals surface area contributed by atoms with Crippen molar-refractivity contribution in [2.75, 3.05) is 24.6 Å². The molecule has 1 fully saturated rings. The van der Waals surface area contributed by atoms with Crippen molar-refractivity contribution < 1.29 is 8.42 Å². The van der Waals surface area contributed by atoms with Crippen molar-refractivity contribution in [3.8, 4) is 0 Å². The third-order valence-corrected chi connectivity index (χ3v) is 5.70. The summed E-state index contributed by atoms with van der Waals surface area (Å²) in [4.78, 5) is 0. The smallest absolute Gasteiger partial charge is 0.150 e. The summed E-state index contributed by atoms with van der Waals surface area (Å²) in [7, 11) is -2.78. The van der Waals surface area contributed by atoms with Crippen LogP contribution in [-0.2, 0) is 9.84 Å². The Morgan fingerprint density at radius 2 is 1.76 bits per heavy atom. The lowest BCUT2D eigenvalue weighted by Gasteiger charge is -2.31. The van der Waals surface area contributed by atoms with Gasteiger partial charge in [-0.15, -0.1) is 0 Å². The van der Waals surface area contributed by atoms with E-state index >= 15 is 0 Å². The van der Waals surface area contributed by atoms with Crippen molar-refractivity contribution >= 4 is 9.84 Å². The molecule has 1 saturated carbocycles. The van der Waals surface area contributed by atoms with E-state index in [4.69, 9.17) is 0 Å². The molecule has 0 spiro atoms. The first-order valence-corrected chi connectivity index (χ1v) is 8.82. The molecule has 0 aromatic heterocycles. The molecule has 1 aliphatic rings. The molecule has 1 N–H and O–H groups in total. The molecule has 17 heavy (non-hydrogen) atoms. The van der Waals surface area contributed by atoms with Crippen molar-refractivity contribution in [3.05, 3.63) is 0 Å². The van der Waals surface area contributed by atoms with Crippen LogP contribution in [0.25, 0.3) is 0 Å². The molecule has 102 valence electrons. The maximum atomic E-state index is 11.5. The van der Waals surface area contributed by atoms with Gasteiger partial charge < -0.3 is 5.32 Å². The van der Waals surface area contributed by atoms with E-state index in [2.05, 4.69) is 12.2 Å². The van der Waals surface area contributed by atoms with Crippen molar-refractivity contribution in [2.45, 2.75) is 46.0 Å². The fourth-order valence-corrected chi connectivity index (χ4v) is 3.69. The summed E-state index contributed by atoms with van der Waals surface area (Å²) < 4.78 is 23.1. The van der Waals surface area contributed by atoms with Gasteiger partial charge in [0.05, 0.1) is 5.75 Å². The number of hydrogen-bond donors (Lipinski definition) is 1. The van der Waals surface area contributed by atoms with Crippen LogP contribution in [0.2, 0.25) is 0 Å². The molecule has 2 unspecified atom stereocenters. The van der Waals surface area contributed by atoms with E-state index in [0.29, 0.717) is 17.6 Å². The molecule has 0 aromatic rings. The maximum Gasteiger partial charge on any atom is 0.150 e. The van der Waals surface area contributed by atoms with Crippen LogP contribution in [0.1, 0.15) is 46.0 Å². The summed E-state index contributed by atoms with van der Waals surface area (Å²) in [6, 6.07) is 0. The molecule has 1 rings (SSSR count). The van der Waals surface area contributed by atoms with Gasteiger partial charge in [-0.3, -0.25) is 0 Å². The fourth-order valence-electron chi connectivity index (χ4n) is 2.74. The Labute approximate surface area is 106 Å². The Bertz CT molecular complexity index is 301. The number of rotatable bonds is 7. The zero-order valence-electron chi connectivity index (χ0n) is 11.2. The molecule has 2 atom stereocenters. The van der Waals surface area contributed by atoms with Gasteiger partial charge in [0, 0.05) is 5.75 Å². The second-order valence-corrected chi connectivity index (χ2v) is 7.61. The highest BCUT2D eigenvalue weighted by atomic mass is 32.2. The van der Waals surface area contributed by atoms with Crippen molar-refractivity contribution in [2.24, 2.45) is 11.8 Å². The molecule has 0 heterocycles. The summed E-state index contributed by atoms with van der Waals surface area (Å²) in [6.45, 7) is 5.94. The van der Waals surface area contributed by atoms with Gasteiger partial charge in [-0.2, -0.15) is 0 Å². The maximum absolute atomic E-state index is 11.5. The predicted octanol–water partition coefficient (Wildman–Crippen LogP) is 2.23. The van der Waals surface area contributed by atoms with Gasteiger partial charge in [0.15, 0.2) is 0 Å². The standard InChI is InChI=1S/C13H27NO2S/c1-3-14-11-13-8-6-5-7-12(13)9-10-17(15,16)4-2/h12-14H,3-11H2,1-2H3. The fraction of sp³-hybridized carbons (Fsp3) is 1.00. The van der Waals surface area contributed by atoms with E-state index in [-0.39, 0.29) is 5.75 Å². The third-order valence-electron chi connectivity index (χ3n) is 3.96. The van der Waals surface area contributed by atoms with Crippen molar-refractivity contribution in [1.29, 1.82) is 0 Å². The first-order valence-electron chi connectivity index (χ1n) is 7.00. The van der Waals surface area contributed by atoms with Gasteiger partial charge in [-0.05, 0) is 37.8 Å². The van der Waals surface area contributed by atoms with Gasteiger partial charge in [-0.1, -0.05) is 33.1 Å². The predicted molar refractivity (Wildman–Crippen MR) is 72.9 cm³/mol. The average Bonchev–Trinajstić information content (AvgIpc) is 2.35. The summed E-state index contributed by atoms with van der Waals surface area (Å²) in [5.74, 6) is 1.98. The summed E-state index contributed by atoms with van der Waals surface area (Å²) in [5, 5.41) is 3.41. The topological polar surface area (TPSA) is 46.2 Å². The SMILES string of the molecule is CCNCC1CCCCC1CCS(=O)(=O)CC. The lowest BCUT2D eigenvalue weighted by atomic mass is 9.78. The molecule has 0 radical (unpaired) electrons. The molecular weight excluding hydrogens is 234 g/mol. The van der Waals surface area contributed by atoms with E-state index in [1.165, 1.54) is 25.7 Å². The Hall–Kier alpha value is -0.0900. The molecule has 1 aliphatic carbocycles.